The van der Waals surface area contributed by atoms with E-state index in [2.05, 4.69) is 184 Å². The normalized spacial score (nSPS) is 13.6. The van der Waals surface area contributed by atoms with Crippen molar-refractivity contribution in [2.45, 2.75) is 19.3 Å². The summed E-state index contributed by atoms with van der Waals surface area (Å²) in [6.45, 7) is 4.80. The highest BCUT2D eigenvalue weighted by atomic mass is 14.4. The van der Waals surface area contributed by atoms with Gasteiger partial charge in [0.2, 0.25) is 0 Å². The van der Waals surface area contributed by atoms with E-state index >= 15 is 0 Å². The zero-order valence-corrected chi connectivity index (χ0v) is 29.7. The van der Waals surface area contributed by atoms with E-state index in [1.807, 2.05) is 0 Å². The molecule has 0 unspecified atom stereocenters. The number of hydrogen-bond acceptors (Lipinski definition) is 0. The number of hydrogen-bond donors (Lipinski definition) is 0. The molecule has 53 heavy (non-hydrogen) atoms. The highest BCUT2D eigenvalue weighted by molar-refractivity contribution is 6.26. The molecule has 0 aromatic heterocycles. The maximum absolute atomic E-state index is 2.47. The standard InChI is InChI=1S/C53H34/c1-53(2)47-29-38(37-10-5-11-39(28-37)41-22-16-35-14-12-31-6-3-8-33-18-26-45(41)51(35)49(31)33)20-24-43(47)44-25-21-40(30-48(44)53)42-23-17-36-15-13-32-7-4-9-34-19-27-46(42)52(36)50(32)34/h3-30H,1-2H3. The zero-order chi connectivity index (χ0) is 35.0. The summed E-state index contributed by atoms with van der Waals surface area (Å²) in [5.74, 6) is 0. The van der Waals surface area contributed by atoms with Gasteiger partial charge in [0.25, 0.3) is 0 Å². The van der Waals surface area contributed by atoms with Crippen molar-refractivity contribution in [2.75, 3.05) is 0 Å². The summed E-state index contributed by atoms with van der Waals surface area (Å²) in [5.41, 5.74) is 13.0. The fourth-order valence-electron chi connectivity index (χ4n) is 9.92. The van der Waals surface area contributed by atoms with Crippen LogP contribution in [0.2, 0.25) is 0 Å². The van der Waals surface area contributed by atoms with Gasteiger partial charge in [-0.15, -0.1) is 0 Å². The van der Waals surface area contributed by atoms with Crippen LogP contribution < -0.4 is 0 Å². The first-order valence-electron chi connectivity index (χ1n) is 18.7. The lowest BCUT2D eigenvalue weighted by molar-refractivity contribution is 0.661. The highest BCUT2D eigenvalue weighted by Gasteiger charge is 2.36. The summed E-state index contributed by atoms with van der Waals surface area (Å²) in [6.07, 6.45) is 0. The van der Waals surface area contributed by atoms with Gasteiger partial charge in [0.1, 0.15) is 0 Å². The third kappa shape index (κ3) is 3.96. The molecule has 11 aromatic carbocycles. The molecule has 0 radical (unpaired) electrons. The topological polar surface area (TPSA) is 0 Å². The summed E-state index contributed by atoms with van der Waals surface area (Å²) in [7, 11) is 0. The Labute approximate surface area is 308 Å². The van der Waals surface area contributed by atoms with Crippen molar-refractivity contribution in [3.63, 3.8) is 0 Å². The molecule has 0 heterocycles. The van der Waals surface area contributed by atoms with Crippen molar-refractivity contribution in [2.24, 2.45) is 0 Å². The van der Waals surface area contributed by atoms with Crippen LogP contribution in [0.1, 0.15) is 25.0 Å². The summed E-state index contributed by atoms with van der Waals surface area (Å²) < 4.78 is 0. The minimum absolute atomic E-state index is 0.135. The van der Waals surface area contributed by atoms with E-state index in [9.17, 15) is 0 Å². The van der Waals surface area contributed by atoms with Gasteiger partial charge in [0.15, 0.2) is 0 Å². The predicted molar refractivity (Wildman–Crippen MR) is 228 cm³/mol. The molecule has 11 aromatic rings. The van der Waals surface area contributed by atoms with Gasteiger partial charge in [-0.2, -0.15) is 0 Å². The molecular formula is C53H34. The average molecular weight is 671 g/mol. The van der Waals surface area contributed by atoms with Crippen molar-refractivity contribution < 1.29 is 0 Å². The Balaban J connectivity index is 0.955. The van der Waals surface area contributed by atoms with Gasteiger partial charge in [0.05, 0.1) is 0 Å². The maximum Gasteiger partial charge on any atom is 0.0159 e. The number of fused-ring (bicyclic) bond motifs is 3. The van der Waals surface area contributed by atoms with Crippen molar-refractivity contribution in [3.05, 3.63) is 181 Å². The van der Waals surface area contributed by atoms with Crippen LogP contribution in [0.5, 0.6) is 0 Å². The van der Waals surface area contributed by atoms with Crippen LogP contribution in [0.15, 0.2) is 170 Å². The number of benzene rings is 11. The van der Waals surface area contributed by atoms with Gasteiger partial charge in [-0.05, 0) is 138 Å². The molecule has 0 fully saturated rings. The first-order chi connectivity index (χ1) is 26.0. The van der Waals surface area contributed by atoms with Crippen molar-refractivity contribution in [3.8, 4) is 44.5 Å². The third-order valence-corrected chi connectivity index (χ3v) is 12.6. The third-order valence-electron chi connectivity index (χ3n) is 12.6. The molecule has 0 spiro atoms. The van der Waals surface area contributed by atoms with E-state index < -0.39 is 0 Å². The van der Waals surface area contributed by atoms with E-state index in [4.69, 9.17) is 0 Å². The molecule has 0 N–H and O–H groups in total. The van der Waals surface area contributed by atoms with Gasteiger partial charge in [-0.1, -0.05) is 166 Å². The molecule has 1 aliphatic carbocycles. The summed E-state index contributed by atoms with van der Waals surface area (Å²) in [6, 6.07) is 64.2. The Hall–Kier alpha value is -6.50. The molecule has 0 nitrogen and oxygen atoms in total. The fraction of sp³-hybridized carbons (Fsp3) is 0.0566. The van der Waals surface area contributed by atoms with Crippen LogP contribution in [0.25, 0.3) is 109 Å². The van der Waals surface area contributed by atoms with Crippen LogP contribution in [-0.4, -0.2) is 0 Å². The Morgan fingerprint density at radius 3 is 1.19 bits per heavy atom. The summed E-state index contributed by atoms with van der Waals surface area (Å²) in [4.78, 5) is 0. The van der Waals surface area contributed by atoms with Gasteiger partial charge < -0.3 is 0 Å². The molecule has 0 saturated carbocycles. The first kappa shape index (κ1) is 29.1. The second-order valence-corrected chi connectivity index (χ2v) is 15.7. The Morgan fingerprint density at radius 1 is 0.283 bits per heavy atom. The lowest BCUT2D eigenvalue weighted by atomic mass is 9.80. The van der Waals surface area contributed by atoms with E-state index in [0.29, 0.717) is 0 Å². The van der Waals surface area contributed by atoms with Crippen molar-refractivity contribution in [1.82, 2.24) is 0 Å². The van der Waals surface area contributed by atoms with E-state index in [1.165, 1.54) is 120 Å². The summed E-state index contributed by atoms with van der Waals surface area (Å²) >= 11 is 0. The lowest BCUT2D eigenvalue weighted by Gasteiger charge is -2.23. The Bertz CT molecular complexity index is 3270. The van der Waals surface area contributed by atoms with Crippen LogP contribution in [0.3, 0.4) is 0 Å². The quantitative estimate of drug-likeness (QED) is 0.164. The van der Waals surface area contributed by atoms with Crippen molar-refractivity contribution in [1.29, 1.82) is 0 Å². The van der Waals surface area contributed by atoms with Crippen LogP contribution in [0, 0.1) is 0 Å². The van der Waals surface area contributed by atoms with Crippen molar-refractivity contribution >= 4 is 64.6 Å². The zero-order valence-electron chi connectivity index (χ0n) is 29.7. The molecule has 246 valence electrons. The molecule has 0 aliphatic heterocycles. The first-order valence-corrected chi connectivity index (χ1v) is 18.7. The van der Waals surface area contributed by atoms with E-state index in [1.54, 1.807) is 0 Å². The molecule has 0 heteroatoms. The maximum atomic E-state index is 2.47. The van der Waals surface area contributed by atoms with Gasteiger partial charge in [-0.25, -0.2) is 0 Å². The molecule has 12 rings (SSSR count). The average Bonchev–Trinajstić information content (AvgIpc) is 3.43. The van der Waals surface area contributed by atoms with Gasteiger partial charge in [0, 0.05) is 5.41 Å². The van der Waals surface area contributed by atoms with Gasteiger partial charge in [-0.3, -0.25) is 0 Å². The fourth-order valence-corrected chi connectivity index (χ4v) is 9.92. The summed E-state index contributed by atoms with van der Waals surface area (Å²) in [5, 5.41) is 15.9. The SMILES string of the molecule is CC1(C)c2cc(-c3cccc(-c4ccc5ccc6cccc7ccc4c5c67)c3)ccc2-c2ccc(-c3ccc4ccc5cccc6ccc3c4c56)cc21. The Kier molecular flexibility index (Phi) is 5.66. The Morgan fingerprint density at radius 2 is 0.642 bits per heavy atom. The van der Waals surface area contributed by atoms with Gasteiger partial charge >= 0.3 is 0 Å². The van der Waals surface area contributed by atoms with Crippen LogP contribution in [0.4, 0.5) is 0 Å². The second kappa shape index (κ2) is 10.3. The molecule has 1 aliphatic rings. The lowest BCUT2D eigenvalue weighted by Crippen LogP contribution is -2.15. The second-order valence-electron chi connectivity index (χ2n) is 15.7. The number of rotatable bonds is 3. The molecule has 0 saturated heterocycles. The molecule has 0 amide bonds. The van der Waals surface area contributed by atoms with E-state index in [0.717, 1.165) is 0 Å². The monoisotopic (exact) mass is 670 g/mol. The van der Waals surface area contributed by atoms with Crippen LogP contribution in [-0.2, 0) is 5.41 Å². The molecule has 0 bridgehead atoms. The molecular weight excluding hydrogens is 637 g/mol. The predicted octanol–water partition coefficient (Wildman–Crippen LogP) is 14.8. The minimum Gasteiger partial charge on any atom is -0.0610 e. The largest absolute Gasteiger partial charge is 0.0610 e. The molecule has 0 atom stereocenters. The smallest absolute Gasteiger partial charge is 0.0159 e. The van der Waals surface area contributed by atoms with E-state index in [-0.39, 0.29) is 5.41 Å². The van der Waals surface area contributed by atoms with Crippen LogP contribution >= 0.6 is 0 Å². The minimum atomic E-state index is -0.135. The highest BCUT2D eigenvalue weighted by Crippen LogP contribution is 2.51.